The fraction of sp³-hybridized carbons (Fsp3) is 0.217. The van der Waals surface area contributed by atoms with E-state index in [-0.39, 0.29) is 30.2 Å². The fourth-order valence-electron chi connectivity index (χ4n) is 3.70. The van der Waals surface area contributed by atoms with E-state index in [0.717, 1.165) is 0 Å². The Labute approximate surface area is 187 Å². The fourth-order valence-corrected chi connectivity index (χ4v) is 3.70. The summed E-state index contributed by atoms with van der Waals surface area (Å²) in [4.78, 5) is 30.0. The van der Waals surface area contributed by atoms with Crippen molar-refractivity contribution >= 4 is 22.6 Å². The maximum Gasteiger partial charge on any atom is 0.264 e. The molecule has 9 nitrogen and oxygen atoms in total. The second-order valence-electron chi connectivity index (χ2n) is 7.54. The number of amides is 1. The topological polar surface area (TPSA) is 100 Å². The normalized spacial score (nSPS) is 12.7. The lowest BCUT2D eigenvalue weighted by Gasteiger charge is -2.19. The molecule has 4 aromatic rings. The largest absolute Gasteiger partial charge is 0.486 e. The summed E-state index contributed by atoms with van der Waals surface area (Å²) < 4.78 is 27.2. The van der Waals surface area contributed by atoms with Gasteiger partial charge in [0.05, 0.1) is 11.9 Å². The molecule has 3 heterocycles. The molecule has 0 bridgehead atoms. The van der Waals surface area contributed by atoms with Crippen LogP contribution in [0.3, 0.4) is 0 Å². The minimum atomic E-state index is -0.365. The van der Waals surface area contributed by atoms with Crippen molar-refractivity contribution < 1.29 is 18.7 Å². The highest BCUT2D eigenvalue weighted by molar-refractivity contribution is 5.91. The number of rotatable bonds is 5. The molecule has 33 heavy (non-hydrogen) atoms. The third-order valence-electron chi connectivity index (χ3n) is 5.34. The van der Waals surface area contributed by atoms with Gasteiger partial charge in [0, 0.05) is 24.7 Å². The number of anilines is 1. The lowest BCUT2D eigenvalue weighted by Crippen LogP contribution is -2.26. The summed E-state index contributed by atoms with van der Waals surface area (Å²) in [5.41, 5.74) is 1.26. The van der Waals surface area contributed by atoms with Gasteiger partial charge in [-0.1, -0.05) is 0 Å². The number of hydrogen-bond acceptors (Lipinski definition) is 6. The molecule has 0 atom stereocenters. The number of benzene rings is 2. The number of aryl methyl sites for hydroxylation is 1. The zero-order valence-corrected chi connectivity index (χ0v) is 17.7. The number of carbonyl (C=O) groups excluding carboxylic acids is 1. The highest BCUT2D eigenvalue weighted by Crippen LogP contribution is 2.32. The van der Waals surface area contributed by atoms with Crippen LogP contribution in [0.15, 0.2) is 53.5 Å². The number of halogens is 1. The Balaban J connectivity index is 1.33. The van der Waals surface area contributed by atoms with Crippen molar-refractivity contribution in [2.75, 3.05) is 18.5 Å². The van der Waals surface area contributed by atoms with Crippen molar-refractivity contribution in [3.05, 3.63) is 70.7 Å². The van der Waals surface area contributed by atoms with Crippen LogP contribution in [0.5, 0.6) is 11.5 Å². The first-order valence-corrected chi connectivity index (χ1v) is 10.4. The molecule has 1 aliphatic rings. The number of carbonyl (C=O) groups is 1. The molecule has 1 amide bonds. The Morgan fingerprint density at radius 2 is 1.88 bits per heavy atom. The summed E-state index contributed by atoms with van der Waals surface area (Å²) in [7, 11) is 0. The van der Waals surface area contributed by atoms with Gasteiger partial charge in [-0.3, -0.25) is 14.2 Å². The predicted octanol–water partition coefficient (Wildman–Crippen LogP) is 2.83. The molecular formula is C23H20FN5O4. The van der Waals surface area contributed by atoms with Crippen molar-refractivity contribution in [3.8, 4) is 17.2 Å². The van der Waals surface area contributed by atoms with Gasteiger partial charge in [0.25, 0.3) is 5.56 Å². The van der Waals surface area contributed by atoms with Gasteiger partial charge in [0.2, 0.25) is 5.91 Å². The van der Waals surface area contributed by atoms with Gasteiger partial charge < -0.3 is 14.8 Å². The number of aromatic nitrogens is 4. The van der Waals surface area contributed by atoms with Crippen LogP contribution in [-0.2, 0) is 11.3 Å². The van der Waals surface area contributed by atoms with Crippen LogP contribution in [-0.4, -0.2) is 38.5 Å². The van der Waals surface area contributed by atoms with E-state index in [1.54, 1.807) is 37.3 Å². The zero-order chi connectivity index (χ0) is 22.9. The van der Waals surface area contributed by atoms with Gasteiger partial charge in [-0.2, -0.15) is 5.10 Å². The van der Waals surface area contributed by atoms with Crippen molar-refractivity contribution in [3.63, 3.8) is 0 Å². The molecule has 0 fully saturated rings. The summed E-state index contributed by atoms with van der Waals surface area (Å²) in [5, 5.41) is 7.37. The van der Waals surface area contributed by atoms with E-state index in [2.05, 4.69) is 15.4 Å². The van der Waals surface area contributed by atoms with E-state index in [0.29, 0.717) is 52.9 Å². The zero-order valence-electron chi connectivity index (χ0n) is 17.7. The SMILES string of the molecule is Cc1nc2c(cnn2-c2ccc(F)cc2)c(=O)n1CCC(=O)Nc1ccc2c(c1)OCCO2. The molecule has 0 unspecified atom stereocenters. The van der Waals surface area contributed by atoms with Crippen LogP contribution in [0.4, 0.5) is 10.1 Å². The summed E-state index contributed by atoms with van der Waals surface area (Å²) in [6.45, 7) is 2.81. The molecule has 0 radical (unpaired) electrons. The summed E-state index contributed by atoms with van der Waals surface area (Å²) >= 11 is 0. The average Bonchev–Trinajstić information content (AvgIpc) is 3.23. The first-order valence-electron chi connectivity index (χ1n) is 10.4. The van der Waals surface area contributed by atoms with E-state index >= 15 is 0 Å². The smallest absolute Gasteiger partial charge is 0.264 e. The van der Waals surface area contributed by atoms with Gasteiger partial charge in [-0.05, 0) is 43.3 Å². The third-order valence-corrected chi connectivity index (χ3v) is 5.34. The van der Waals surface area contributed by atoms with E-state index < -0.39 is 0 Å². The Morgan fingerprint density at radius 3 is 2.67 bits per heavy atom. The quantitative estimate of drug-likeness (QED) is 0.503. The van der Waals surface area contributed by atoms with Crippen molar-refractivity contribution in [1.82, 2.24) is 19.3 Å². The van der Waals surface area contributed by atoms with Gasteiger partial charge in [-0.15, -0.1) is 0 Å². The maximum atomic E-state index is 13.2. The monoisotopic (exact) mass is 449 g/mol. The molecule has 2 aromatic carbocycles. The van der Waals surface area contributed by atoms with E-state index in [9.17, 15) is 14.0 Å². The molecule has 0 saturated carbocycles. The first kappa shape index (κ1) is 20.7. The molecule has 0 aliphatic carbocycles. The molecule has 10 heteroatoms. The first-order chi connectivity index (χ1) is 16.0. The van der Waals surface area contributed by atoms with E-state index in [4.69, 9.17) is 9.47 Å². The van der Waals surface area contributed by atoms with Gasteiger partial charge in [0.15, 0.2) is 17.1 Å². The number of nitrogens with zero attached hydrogens (tertiary/aromatic N) is 4. The number of hydrogen-bond donors (Lipinski definition) is 1. The summed E-state index contributed by atoms with van der Waals surface area (Å²) in [6.07, 6.45) is 1.51. The van der Waals surface area contributed by atoms with Crippen LogP contribution < -0.4 is 20.3 Å². The van der Waals surface area contributed by atoms with Crippen LogP contribution in [0, 0.1) is 12.7 Å². The minimum absolute atomic E-state index is 0.0779. The second kappa shape index (κ2) is 8.38. The van der Waals surface area contributed by atoms with E-state index in [1.807, 2.05) is 0 Å². The minimum Gasteiger partial charge on any atom is -0.486 e. The van der Waals surface area contributed by atoms with Crippen LogP contribution >= 0.6 is 0 Å². The number of ether oxygens (including phenoxy) is 2. The highest BCUT2D eigenvalue weighted by atomic mass is 19.1. The number of fused-ring (bicyclic) bond motifs is 2. The Morgan fingerprint density at radius 1 is 1.12 bits per heavy atom. The maximum absolute atomic E-state index is 13.2. The van der Waals surface area contributed by atoms with E-state index in [1.165, 1.54) is 27.6 Å². The summed E-state index contributed by atoms with van der Waals surface area (Å²) in [6, 6.07) is 10.9. The second-order valence-corrected chi connectivity index (χ2v) is 7.54. The molecule has 0 spiro atoms. The van der Waals surface area contributed by atoms with Crippen molar-refractivity contribution in [2.45, 2.75) is 19.9 Å². The third kappa shape index (κ3) is 4.02. The molecule has 5 rings (SSSR count). The Kier molecular flexibility index (Phi) is 5.25. The Bertz CT molecular complexity index is 1410. The number of nitrogens with one attached hydrogen (secondary N) is 1. The standard InChI is InChI=1S/C23H20FN5O4/c1-14-26-22-18(13-25-29(22)17-5-2-15(24)3-6-17)23(31)28(14)9-8-21(30)27-16-4-7-19-20(12-16)33-11-10-32-19/h2-7,12-13H,8-11H2,1H3,(H,27,30). The molecule has 2 aromatic heterocycles. The Hall–Kier alpha value is -4.21. The summed E-state index contributed by atoms with van der Waals surface area (Å²) in [5.74, 6) is 1.06. The lowest BCUT2D eigenvalue weighted by atomic mass is 10.2. The average molecular weight is 449 g/mol. The molecular weight excluding hydrogens is 429 g/mol. The highest BCUT2D eigenvalue weighted by Gasteiger charge is 2.16. The van der Waals surface area contributed by atoms with Gasteiger partial charge >= 0.3 is 0 Å². The van der Waals surface area contributed by atoms with Crippen LogP contribution in [0.2, 0.25) is 0 Å². The van der Waals surface area contributed by atoms with Crippen molar-refractivity contribution in [2.24, 2.45) is 0 Å². The molecule has 0 saturated heterocycles. The van der Waals surface area contributed by atoms with Gasteiger partial charge in [0.1, 0.15) is 30.2 Å². The predicted molar refractivity (Wildman–Crippen MR) is 118 cm³/mol. The van der Waals surface area contributed by atoms with Gasteiger partial charge in [-0.25, -0.2) is 14.1 Å². The molecule has 1 N–H and O–H groups in total. The molecule has 168 valence electrons. The van der Waals surface area contributed by atoms with Crippen LogP contribution in [0.25, 0.3) is 16.7 Å². The van der Waals surface area contributed by atoms with Crippen molar-refractivity contribution in [1.29, 1.82) is 0 Å². The molecule has 1 aliphatic heterocycles. The lowest BCUT2D eigenvalue weighted by molar-refractivity contribution is -0.116. The van der Waals surface area contributed by atoms with Crippen LogP contribution in [0.1, 0.15) is 12.2 Å².